The average Bonchev–Trinajstić information content (AvgIpc) is 2.70. The maximum Gasteiger partial charge on any atom is 0.319 e. The van der Waals surface area contributed by atoms with Crippen LogP contribution < -0.4 is 10.8 Å². The zero-order valence-corrected chi connectivity index (χ0v) is 10.3. The number of ether oxygens (including phenoxy) is 1. The molecule has 102 valence electrons. The average molecular weight is 262 g/mol. The molecule has 2 atom stereocenters. The van der Waals surface area contributed by atoms with Gasteiger partial charge in [-0.1, -0.05) is 0 Å². The van der Waals surface area contributed by atoms with Crippen LogP contribution in [0.15, 0.2) is 12.2 Å². The zero-order valence-electron chi connectivity index (χ0n) is 10.3. The Balaban J connectivity index is 3.09. The van der Waals surface area contributed by atoms with E-state index in [4.69, 9.17) is 10.5 Å². The molecular formula is C11H14F2NO4-. The van der Waals surface area contributed by atoms with E-state index >= 15 is 0 Å². The molecule has 0 aliphatic heterocycles. The van der Waals surface area contributed by atoms with Crippen molar-refractivity contribution >= 4 is 11.9 Å². The van der Waals surface area contributed by atoms with E-state index in [1.165, 1.54) is 20.8 Å². The van der Waals surface area contributed by atoms with Crippen LogP contribution in [0.2, 0.25) is 0 Å². The lowest BCUT2D eigenvalue weighted by molar-refractivity contribution is -0.310. The number of aliphatic carboxylic acids is 1. The van der Waals surface area contributed by atoms with E-state index in [1.807, 2.05) is 0 Å². The fourth-order valence-corrected chi connectivity index (χ4v) is 1.70. The quantitative estimate of drug-likeness (QED) is 0.720. The Kier molecular flexibility index (Phi) is 3.25. The van der Waals surface area contributed by atoms with Crippen molar-refractivity contribution in [2.24, 2.45) is 11.1 Å². The van der Waals surface area contributed by atoms with E-state index < -0.39 is 41.0 Å². The van der Waals surface area contributed by atoms with Crippen LogP contribution in [0.25, 0.3) is 0 Å². The molecule has 2 unspecified atom stereocenters. The summed E-state index contributed by atoms with van der Waals surface area (Å²) in [6, 6.07) is 0. The topological polar surface area (TPSA) is 92.5 Å². The molecule has 5 nitrogen and oxygen atoms in total. The van der Waals surface area contributed by atoms with E-state index in [1.54, 1.807) is 0 Å². The van der Waals surface area contributed by atoms with Crippen LogP contribution >= 0.6 is 0 Å². The van der Waals surface area contributed by atoms with Gasteiger partial charge in [0.2, 0.25) is 0 Å². The molecule has 7 heteroatoms. The van der Waals surface area contributed by atoms with Crippen molar-refractivity contribution in [2.45, 2.75) is 38.3 Å². The Bertz CT molecular complexity index is 425. The third-order valence-corrected chi connectivity index (χ3v) is 2.71. The molecule has 1 rings (SSSR count). The molecule has 1 aliphatic carbocycles. The maximum atomic E-state index is 12.4. The number of carbonyl (C=O) groups excluding carboxylic acids is 2. The monoisotopic (exact) mass is 262 g/mol. The van der Waals surface area contributed by atoms with Crippen LogP contribution in [0.4, 0.5) is 8.78 Å². The largest absolute Gasteiger partial charge is 0.548 e. The van der Waals surface area contributed by atoms with Crippen molar-refractivity contribution in [2.75, 3.05) is 0 Å². The van der Waals surface area contributed by atoms with Gasteiger partial charge in [-0.25, -0.2) is 0 Å². The molecule has 0 heterocycles. The fourth-order valence-electron chi connectivity index (χ4n) is 1.70. The first-order valence-electron chi connectivity index (χ1n) is 5.22. The lowest BCUT2D eigenvalue weighted by Crippen LogP contribution is -2.50. The summed E-state index contributed by atoms with van der Waals surface area (Å²) < 4.78 is 29.6. The van der Waals surface area contributed by atoms with Crippen LogP contribution in [-0.2, 0) is 14.3 Å². The molecule has 0 radical (unpaired) electrons. The number of hydrogen-bond acceptors (Lipinski definition) is 5. The second-order valence-electron chi connectivity index (χ2n) is 5.34. The van der Waals surface area contributed by atoms with Crippen LogP contribution in [0.3, 0.4) is 0 Å². The summed E-state index contributed by atoms with van der Waals surface area (Å²) in [6.45, 7) is 4.61. The first kappa shape index (κ1) is 14.6. The molecule has 0 aromatic carbocycles. The Morgan fingerprint density at radius 2 is 1.89 bits per heavy atom. The summed E-state index contributed by atoms with van der Waals surface area (Å²) >= 11 is 0. The van der Waals surface area contributed by atoms with E-state index in [2.05, 4.69) is 0 Å². The van der Waals surface area contributed by atoms with Gasteiger partial charge in [0.1, 0.15) is 11.0 Å². The van der Waals surface area contributed by atoms with Crippen molar-refractivity contribution in [3.05, 3.63) is 12.2 Å². The van der Waals surface area contributed by atoms with Gasteiger partial charge in [-0.3, -0.25) is 4.79 Å². The second kappa shape index (κ2) is 4.01. The predicted molar refractivity (Wildman–Crippen MR) is 55.1 cm³/mol. The van der Waals surface area contributed by atoms with E-state index in [0.717, 1.165) is 0 Å². The minimum atomic E-state index is -2.19. The van der Waals surface area contributed by atoms with Crippen molar-refractivity contribution in [1.82, 2.24) is 0 Å². The number of esters is 1. The lowest BCUT2D eigenvalue weighted by atomic mass is 9.99. The van der Waals surface area contributed by atoms with Crippen LogP contribution in [0.5, 0.6) is 0 Å². The number of carbonyl (C=O) groups is 2. The Labute approximate surface area is 103 Å². The molecule has 1 saturated carbocycles. The molecule has 18 heavy (non-hydrogen) atoms. The maximum absolute atomic E-state index is 12.4. The molecular weight excluding hydrogens is 248 g/mol. The first-order valence-corrected chi connectivity index (χ1v) is 5.22. The van der Waals surface area contributed by atoms with Gasteiger partial charge >= 0.3 is 5.97 Å². The summed E-state index contributed by atoms with van der Waals surface area (Å²) in [5.74, 6) is -2.85. The summed E-state index contributed by atoms with van der Waals surface area (Å²) in [6.07, 6.45) is -2.42. The van der Waals surface area contributed by atoms with Crippen LogP contribution in [0, 0.1) is 5.41 Å². The molecule has 1 fully saturated rings. The first-order chi connectivity index (χ1) is 7.94. The number of carboxylic acids is 1. The summed E-state index contributed by atoms with van der Waals surface area (Å²) in [4.78, 5) is 22.7. The van der Waals surface area contributed by atoms with Crippen molar-refractivity contribution in [3.8, 4) is 0 Å². The standard InChI is InChI=1S/C11H15F2NO4/c1-9(2,3)18-8(17)10(4-6(12)13)5-11(10,14)7(15)16/h4H,5,14H2,1-3H3,(H,15,16)/p-1. The lowest BCUT2D eigenvalue weighted by Gasteiger charge is -2.25. The minimum Gasteiger partial charge on any atom is -0.548 e. The van der Waals surface area contributed by atoms with Crippen molar-refractivity contribution < 1.29 is 28.2 Å². The molecule has 0 bridgehead atoms. The number of rotatable bonds is 3. The molecule has 2 N–H and O–H groups in total. The Morgan fingerprint density at radius 1 is 1.39 bits per heavy atom. The van der Waals surface area contributed by atoms with Gasteiger partial charge in [-0.15, -0.1) is 0 Å². The predicted octanol–water partition coefficient (Wildman–Crippen LogP) is -0.0540. The number of nitrogens with two attached hydrogens (primary N) is 1. The summed E-state index contributed by atoms with van der Waals surface area (Å²) in [5, 5.41) is 10.8. The van der Waals surface area contributed by atoms with Gasteiger partial charge in [0.05, 0.1) is 11.5 Å². The third kappa shape index (κ3) is 2.35. The second-order valence-corrected chi connectivity index (χ2v) is 5.34. The third-order valence-electron chi connectivity index (χ3n) is 2.71. The van der Waals surface area contributed by atoms with Crippen LogP contribution in [-0.4, -0.2) is 23.1 Å². The normalized spacial score (nSPS) is 30.6. The summed E-state index contributed by atoms with van der Waals surface area (Å²) in [7, 11) is 0. The summed E-state index contributed by atoms with van der Waals surface area (Å²) in [5.41, 5.74) is 0.282. The van der Waals surface area contributed by atoms with Gasteiger partial charge in [0, 0.05) is 6.08 Å². The highest BCUT2D eigenvalue weighted by atomic mass is 19.3. The highest BCUT2D eigenvalue weighted by Gasteiger charge is 2.72. The van der Waals surface area contributed by atoms with E-state index in [-0.39, 0.29) is 6.08 Å². The molecule has 0 saturated heterocycles. The molecule has 0 aromatic heterocycles. The van der Waals surface area contributed by atoms with Gasteiger partial charge in [-0.05, 0) is 27.2 Å². The van der Waals surface area contributed by atoms with Gasteiger partial charge in [0.25, 0.3) is 6.08 Å². The Hall–Kier alpha value is -1.50. The molecule has 0 aromatic rings. The number of hydrogen-bond donors (Lipinski definition) is 1. The molecule has 0 amide bonds. The van der Waals surface area contributed by atoms with Gasteiger partial charge < -0.3 is 20.4 Å². The highest BCUT2D eigenvalue weighted by Crippen LogP contribution is 2.57. The zero-order chi connectivity index (χ0) is 14.4. The van der Waals surface area contributed by atoms with Gasteiger partial charge in [0.15, 0.2) is 0 Å². The van der Waals surface area contributed by atoms with E-state index in [9.17, 15) is 23.5 Å². The van der Waals surface area contributed by atoms with Crippen molar-refractivity contribution in [1.29, 1.82) is 0 Å². The number of halogens is 2. The highest BCUT2D eigenvalue weighted by molar-refractivity contribution is 5.98. The minimum absolute atomic E-state index is 0.233. The SMILES string of the molecule is CC(C)(C)OC(=O)C1(C=C(F)F)CC1(N)C(=O)[O-]. The van der Waals surface area contributed by atoms with Gasteiger partial charge in [-0.2, -0.15) is 8.78 Å². The van der Waals surface area contributed by atoms with Crippen LogP contribution in [0.1, 0.15) is 27.2 Å². The molecule has 1 aliphatic rings. The van der Waals surface area contributed by atoms with E-state index in [0.29, 0.717) is 0 Å². The smallest absolute Gasteiger partial charge is 0.319 e. The number of carboxylic acid groups (broad SMARTS) is 1. The fraction of sp³-hybridized carbons (Fsp3) is 0.636. The molecule has 0 spiro atoms. The Morgan fingerprint density at radius 3 is 2.17 bits per heavy atom. The van der Waals surface area contributed by atoms with Crippen molar-refractivity contribution in [3.63, 3.8) is 0 Å².